The van der Waals surface area contributed by atoms with Crippen molar-refractivity contribution in [1.29, 1.82) is 0 Å². The first kappa shape index (κ1) is 12.6. The van der Waals surface area contributed by atoms with Crippen molar-refractivity contribution in [3.63, 3.8) is 0 Å². The largest absolute Gasteiger partial charge is 0.591 e. The minimum Gasteiger partial charge on any atom is -0.591 e. The van der Waals surface area contributed by atoms with Gasteiger partial charge in [-0.1, -0.05) is 27.7 Å². The molecule has 1 aromatic heterocycles. The van der Waals surface area contributed by atoms with Crippen molar-refractivity contribution < 1.29 is 23.0 Å². The van der Waals surface area contributed by atoms with Crippen LogP contribution >= 0.6 is 0 Å². The average molecular weight is 219 g/mol. The van der Waals surface area contributed by atoms with E-state index < -0.39 is 5.76 Å². The van der Waals surface area contributed by atoms with Crippen LogP contribution < -0.4 is 10.7 Å². The third-order valence-electron chi connectivity index (χ3n) is 1.73. The van der Waals surface area contributed by atoms with Gasteiger partial charge in [0.25, 0.3) is 0 Å². The molecule has 0 aliphatic carbocycles. The molecule has 1 heterocycles. The Labute approximate surface area is 89.8 Å². The second-order valence-corrected chi connectivity index (χ2v) is 3.54. The van der Waals surface area contributed by atoms with E-state index in [1.165, 1.54) is 0 Å². The molecule has 1 aromatic rings. The van der Waals surface area contributed by atoms with Crippen LogP contribution in [0, 0.1) is 0 Å². The number of oxazole rings is 1. The summed E-state index contributed by atoms with van der Waals surface area (Å²) in [4.78, 5) is 14.7. The van der Waals surface area contributed by atoms with Crippen LogP contribution in [-0.2, 0) is 18.6 Å². The molecule has 0 spiro atoms. The number of rotatable bonds is 2. The molecule has 0 fully saturated rings. The SMILES string of the molecule is CC(C)c1[n-]c(=O)oc1C(C)C.[V]. The number of hydrogen-bond donors (Lipinski definition) is 0. The summed E-state index contributed by atoms with van der Waals surface area (Å²) in [6, 6.07) is 0. The Balaban J connectivity index is 0.00000144. The summed E-state index contributed by atoms with van der Waals surface area (Å²) in [6.07, 6.45) is 0. The van der Waals surface area contributed by atoms with Crippen LogP contribution in [0.5, 0.6) is 0 Å². The standard InChI is InChI=1S/C9H15NO2.V/c1-5(2)7-8(6(3)4)12-9(11)10-7;/h5-6H,1-4H3,(H,10,11);/p-1. The molecule has 73 valence electrons. The molecule has 3 nitrogen and oxygen atoms in total. The monoisotopic (exact) mass is 219 g/mol. The van der Waals surface area contributed by atoms with Gasteiger partial charge < -0.3 is 9.40 Å². The Morgan fingerprint density at radius 3 is 2.00 bits per heavy atom. The van der Waals surface area contributed by atoms with E-state index in [0.717, 1.165) is 11.5 Å². The number of nitrogens with zero attached hydrogens (tertiary/aromatic N) is 1. The molecule has 1 radical (unpaired) electrons. The molecule has 0 amide bonds. The molecular formula is C9H14NO2V-. The minimum absolute atomic E-state index is 0. The molecule has 0 aromatic carbocycles. The number of aromatic nitrogens is 1. The molecule has 0 bridgehead atoms. The number of hydrogen-bond acceptors (Lipinski definition) is 2. The fourth-order valence-corrected chi connectivity index (χ4v) is 1.15. The van der Waals surface area contributed by atoms with Crippen molar-refractivity contribution in [2.45, 2.75) is 39.5 Å². The van der Waals surface area contributed by atoms with E-state index in [1.807, 2.05) is 27.7 Å². The first-order valence-electron chi connectivity index (χ1n) is 4.20. The molecule has 0 aliphatic rings. The molecule has 0 aliphatic heterocycles. The van der Waals surface area contributed by atoms with E-state index in [9.17, 15) is 4.79 Å². The van der Waals surface area contributed by atoms with Crippen LogP contribution in [-0.4, -0.2) is 0 Å². The second-order valence-electron chi connectivity index (χ2n) is 3.54. The average Bonchev–Trinajstić information content (AvgIpc) is 2.31. The van der Waals surface area contributed by atoms with Crippen LogP contribution in [0.25, 0.3) is 0 Å². The van der Waals surface area contributed by atoms with E-state index in [0.29, 0.717) is 0 Å². The normalized spacial score (nSPS) is 10.6. The van der Waals surface area contributed by atoms with Crippen molar-refractivity contribution in [1.82, 2.24) is 4.98 Å². The van der Waals surface area contributed by atoms with Crippen molar-refractivity contribution >= 4 is 0 Å². The maximum atomic E-state index is 10.8. The van der Waals surface area contributed by atoms with Crippen molar-refractivity contribution in [3.8, 4) is 0 Å². The van der Waals surface area contributed by atoms with E-state index in [2.05, 4.69) is 4.98 Å². The van der Waals surface area contributed by atoms with Gasteiger partial charge in [-0.3, -0.25) is 4.79 Å². The van der Waals surface area contributed by atoms with Gasteiger partial charge in [-0.05, 0) is 5.92 Å². The summed E-state index contributed by atoms with van der Waals surface area (Å²) in [6.45, 7) is 7.99. The van der Waals surface area contributed by atoms with Crippen molar-refractivity contribution in [2.75, 3.05) is 0 Å². The Hall–Kier alpha value is -0.406. The van der Waals surface area contributed by atoms with Gasteiger partial charge in [-0.15, -0.1) is 5.69 Å². The first-order valence-corrected chi connectivity index (χ1v) is 4.20. The first-order chi connectivity index (χ1) is 5.52. The van der Waals surface area contributed by atoms with Crippen molar-refractivity contribution in [3.05, 3.63) is 22.0 Å². The van der Waals surface area contributed by atoms with Crippen molar-refractivity contribution in [2.24, 2.45) is 0 Å². The van der Waals surface area contributed by atoms with Gasteiger partial charge in [0, 0.05) is 24.5 Å². The van der Waals surface area contributed by atoms with E-state index in [1.54, 1.807) is 0 Å². The van der Waals surface area contributed by atoms with E-state index >= 15 is 0 Å². The van der Waals surface area contributed by atoms with Gasteiger partial charge in [0.05, 0.1) is 5.76 Å². The molecule has 0 unspecified atom stereocenters. The Kier molecular flexibility index (Phi) is 4.58. The van der Waals surface area contributed by atoms with Gasteiger partial charge in [0.2, 0.25) is 5.76 Å². The molecule has 0 atom stereocenters. The maximum absolute atomic E-state index is 10.8. The zero-order chi connectivity index (χ0) is 9.30. The minimum atomic E-state index is -0.470. The molecule has 0 saturated heterocycles. The van der Waals surface area contributed by atoms with E-state index in [4.69, 9.17) is 4.42 Å². The van der Waals surface area contributed by atoms with Gasteiger partial charge >= 0.3 is 0 Å². The summed E-state index contributed by atoms with van der Waals surface area (Å²) < 4.78 is 4.97. The third-order valence-corrected chi connectivity index (χ3v) is 1.73. The topological polar surface area (TPSA) is 44.3 Å². The zero-order valence-corrected chi connectivity index (χ0v) is 9.76. The predicted octanol–water partition coefficient (Wildman–Crippen LogP) is 1.84. The van der Waals surface area contributed by atoms with Gasteiger partial charge in [0.1, 0.15) is 0 Å². The molecule has 0 saturated carbocycles. The van der Waals surface area contributed by atoms with E-state index in [-0.39, 0.29) is 30.4 Å². The van der Waals surface area contributed by atoms with Crippen LogP contribution in [0.1, 0.15) is 51.0 Å². The third kappa shape index (κ3) is 2.78. The second kappa shape index (κ2) is 4.73. The van der Waals surface area contributed by atoms with Crippen LogP contribution in [0.3, 0.4) is 0 Å². The zero-order valence-electron chi connectivity index (χ0n) is 8.37. The summed E-state index contributed by atoms with van der Waals surface area (Å²) >= 11 is 0. The molecule has 0 N–H and O–H groups in total. The summed E-state index contributed by atoms with van der Waals surface area (Å²) in [7, 11) is 0. The summed E-state index contributed by atoms with van der Waals surface area (Å²) in [5.41, 5.74) is 0.801. The summed E-state index contributed by atoms with van der Waals surface area (Å²) in [5, 5.41) is 0. The predicted molar refractivity (Wildman–Crippen MR) is 46.5 cm³/mol. The van der Waals surface area contributed by atoms with Crippen LogP contribution in [0.4, 0.5) is 0 Å². The molecular weight excluding hydrogens is 205 g/mol. The Morgan fingerprint density at radius 1 is 1.15 bits per heavy atom. The smallest absolute Gasteiger partial charge is 0.237 e. The molecule has 13 heavy (non-hydrogen) atoms. The fourth-order valence-electron chi connectivity index (χ4n) is 1.15. The molecule has 1 rings (SSSR count). The Bertz CT molecular complexity index is 283. The molecule has 4 heteroatoms. The Morgan fingerprint density at radius 2 is 1.69 bits per heavy atom. The van der Waals surface area contributed by atoms with Gasteiger partial charge in [0.15, 0.2) is 0 Å². The quantitative estimate of drug-likeness (QED) is 0.762. The summed E-state index contributed by atoms with van der Waals surface area (Å²) in [5.74, 6) is 0.754. The van der Waals surface area contributed by atoms with Crippen LogP contribution in [0.15, 0.2) is 9.21 Å². The van der Waals surface area contributed by atoms with Gasteiger partial charge in [-0.2, -0.15) is 0 Å². The van der Waals surface area contributed by atoms with Gasteiger partial charge in [-0.25, -0.2) is 0 Å². The van der Waals surface area contributed by atoms with Crippen LogP contribution in [0.2, 0.25) is 0 Å². The maximum Gasteiger partial charge on any atom is 0.237 e. The fraction of sp³-hybridized carbons (Fsp3) is 0.667.